The smallest absolute Gasteiger partial charge is 0.335 e. The summed E-state index contributed by atoms with van der Waals surface area (Å²) in [6.07, 6.45) is 5.84. The molecule has 1 fully saturated rings. The maximum atomic E-state index is 11.6. The summed E-state index contributed by atoms with van der Waals surface area (Å²) in [6.45, 7) is 7.88. The second-order valence-electron chi connectivity index (χ2n) is 11.3. The van der Waals surface area contributed by atoms with Gasteiger partial charge in [-0.05, 0) is 72.6 Å². The van der Waals surface area contributed by atoms with E-state index in [1.165, 1.54) is 0 Å². The number of hydrogen-bond donors (Lipinski definition) is 1. The summed E-state index contributed by atoms with van der Waals surface area (Å²) >= 11 is 0. The van der Waals surface area contributed by atoms with Gasteiger partial charge in [-0.2, -0.15) is 5.10 Å². The number of methoxy groups -OCH3 is 1. The van der Waals surface area contributed by atoms with Gasteiger partial charge in [-0.1, -0.05) is 26.0 Å². The number of carbonyl (C=O) groups is 1. The van der Waals surface area contributed by atoms with Crippen molar-refractivity contribution in [2.75, 3.05) is 36.5 Å². The number of hydrogen-bond acceptors (Lipinski definition) is 7. The molecule has 39 heavy (non-hydrogen) atoms. The van der Waals surface area contributed by atoms with E-state index in [9.17, 15) is 9.90 Å². The zero-order chi connectivity index (χ0) is 27.1. The molecular formula is C30H34N6O3. The van der Waals surface area contributed by atoms with Crippen molar-refractivity contribution in [1.29, 1.82) is 0 Å². The van der Waals surface area contributed by atoms with Crippen molar-refractivity contribution in [3.63, 3.8) is 0 Å². The van der Waals surface area contributed by atoms with Crippen LogP contribution in [-0.2, 0) is 13.0 Å². The van der Waals surface area contributed by atoms with Crippen molar-refractivity contribution in [3.05, 3.63) is 65.4 Å². The fourth-order valence-corrected chi connectivity index (χ4v) is 5.56. The average Bonchev–Trinajstić information content (AvgIpc) is 3.30. The van der Waals surface area contributed by atoms with Gasteiger partial charge < -0.3 is 19.6 Å². The van der Waals surface area contributed by atoms with Crippen LogP contribution in [0.1, 0.15) is 54.6 Å². The van der Waals surface area contributed by atoms with E-state index < -0.39 is 5.97 Å². The normalized spacial score (nSPS) is 16.8. The Morgan fingerprint density at radius 2 is 1.85 bits per heavy atom. The van der Waals surface area contributed by atoms with E-state index in [1.54, 1.807) is 19.2 Å². The van der Waals surface area contributed by atoms with Gasteiger partial charge in [0.15, 0.2) is 17.0 Å². The van der Waals surface area contributed by atoms with Crippen LogP contribution in [0, 0.1) is 5.41 Å². The molecule has 0 spiro atoms. The van der Waals surface area contributed by atoms with Crippen molar-refractivity contribution in [2.45, 2.75) is 46.1 Å². The molecule has 9 nitrogen and oxygen atoms in total. The highest BCUT2D eigenvalue weighted by molar-refractivity contribution is 5.91. The van der Waals surface area contributed by atoms with Crippen molar-refractivity contribution in [1.82, 2.24) is 19.7 Å². The molecule has 2 aromatic carbocycles. The lowest BCUT2D eigenvalue weighted by molar-refractivity contribution is 0.0696. The topological polar surface area (TPSA) is 96.6 Å². The Morgan fingerprint density at radius 3 is 2.56 bits per heavy atom. The van der Waals surface area contributed by atoms with Crippen LogP contribution in [0.3, 0.4) is 0 Å². The third-order valence-electron chi connectivity index (χ3n) is 8.05. The molecule has 4 aromatic rings. The summed E-state index contributed by atoms with van der Waals surface area (Å²) in [5.41, 5.74) is 5.23. The first-order valence-corrected chi connectivity index (χ1v) is 13.6. The molecule has 202 valence electrons. The van der Waals surface area contributed by atoms with E-state index in [0.717, 1.165) is 90.7 Å². The molecule has 6 rings (SSSR count). The van der Waals surface area contributed by atoms with Gasteiger partial charge in [-0.3, -0.25) is 0 Å². The third-order valence-corrected chi connectivity index (χ3v) is 8.05. The number of aromatic carboxylic acids is 1. The van der Waals surface area contributed by atoms with Gasteiger partial charge in [0.2, 0.25) is 0 Å². The summed E-state index contributed by atoms with van der Waals surface area (Å²) in [5.74, 6) is 1.53. The average molecular weight is 527 g/mol. The van der Waals surface area contributed by atoms with Crippen LogP contribution in [0.4, 0.5) is 17.3 Å². The van der Waals surface area contributed by atoms with Gasteiger partial charge in [0, 0.05) is 25.3 Å². The first-order valence-electron chi connectivity index (χ1n) is 13.6. The predicted octanol–water partition coefficient (Wildman–Crippen LogP) is 5.29. The molecule has 1 N–H and O–H groups in total. The minimum absolute atomic E-state index is 0.305. The SMILES string of the molecule is COc1ccc(Cn2nc(N3CCCc4cc(C(=O)O)ccc43)c3ncc(N4CCC(C)(C)CC4)nc32)cc1. The molecule has 9 heteroatoms. The summed E-state index contributed by atoms with van der Waals surface area (Å²) in [7, 11) is 1.66. The number of fused-ring (bicyclic) bond motifs is 2. The number of piperidine rings is 1. The molecule has 0 unspecified atom stereocenters. The molecule has 0 saturated carbocycles. The number of nitrogens with zero attached hydrogens (tertiary/aromatic N) is 6. The van der Waals surface area contributed by atoms with Crippen LogP contribution in [0.2, 0.25) is 0 Å². The lowest BCUT2D eigenvalue weighted by atomic mass is 9.83. The Morgan fingerprint density at radius 1 is 1.08 bits per heavy atom. The molecule has 0 atom stereocenters. The van der Waals surface area contributed by atoms with E-state index >= 15 is 0 Å². The van der Waals surface area contributed by atoms with Crippen LogP contribution >= 0.6 is 0 Å². The van der Waals surface area contributed by atoms with Gasteiger partial charge in [0.25, 0.3) is 0 Å². The predicted molar refractivity (Wildman–Crippen MR) is 151 cm³/mol. The molecule has 0 bridgehead atoms. The molecule has 4 heterocycles. The molecular weight excluding hydrogens is 492 g/mol. The van der Waals surface area contributed by atoms with Crippen molar-refractivity contribution in [2.24, 2.45) is 5.41 Å². The lowest BCUT2D eigenvalue weighted by Gasteiger charge is -2.37. The van der Waals surface area contributed by atoms with Crippen molar-refractivity contribution in [3.8, 4) is 5.75 Å². The Labute approximate surface area is 228 Å². The molecule has 0 aliphatic carbocycles. The standard InChI is InChI=1S/C30H34N6O3/c1-30(2)12-15-34(16-13-30)25-18-31-26-27(32-25)36(19-20-6-9-23(39-3)10-7-20)33-28(26)35-14-4-5-21-17-22(29(37)38)8-11-24(21)35/h6-11,17-18H,4-5,12-16,19H2,1-3H3,(H,37,38). The molecule has 2 aliphatic rings. The van der Waals surface area contributed by atoms with Gasteiger partial charge in [0.1, 0.15) is 11.6 Å². The Bertz CT molecular complexity index is 1520. The number of ether oxygens (including phenoxy) is 1. The van der Waals surface area contributed by atoms with Crippen LogP contribution in [0.15, 0.2) is 48.7 Å². The summed E-state index contributed by atoms with van der Waals surface area (Å²) in [5, 5.41) is 14.6. The van der Waals surface area contributed by atoms with E-state index in [2.05, 4.69) is 23.6 Å². The number of rotatable bonds is 6. The molecule has 0 amide bonds. The monoisotopic (exact) mass is 526 g/mol. The van der Waals surface area contributed by atoms with Gasteiger partial charge in [-0.25, -0.2) is 19.4 Å². The number of aryl methyl sites for hydroxylation is 1. The van der Waals surface area contributed by atoms with E-state index in [0.29, 0.717) is 17.5 Å². The highest BCUT2D eigenvalue weighted by atomic mass is 16.5. The minimum atomic E-state index is -0.913. The highest BCUT2D eigenvalue weighted by Gasteiger charge is 2.29. The number of aromatic nitrogens is 4. The first-order chi connectivity index (χ1) is 18.8. The maximum Gasteiger partial charge on any atom is 0.335 e. The second-order valence-corrected chi connectivity index (χ2v) is 11.3. The second kappa shape index (κ2) is 9.87. The maximum absolute atomic E-state index is 11.6. The fraction of sp³-hybridized carbons (Fsp3) is 0.400. The van der Waals surface area contributed by atoms with Crippen molar-refractivity contribution >= 4 is 34.5 Å². The van der Waals surface area contributed by atoms with Gasteiger partial charge in [-0.15, -0.1) is 0 Å². The zero-order valence-electron chi connectivity index (χ0n) is 22.7. The number of anilines is 3. The van der Waals surface area contributed by atoms with E-state index in [1.807, 2.05) is 41.2 Å². The largest absolute Gasteiger partial charge is 0.497 e. The zero-order valence-corrected chi connectivity index (χ0v) is 22.7. The third kappa shape index (κ3) is 4.89. The van der Waals surface area contributed by atoms with Crippen molar-refractivity contribution < 1.29 is 14.6 Å². The molecule has 0 radical (unpaired) electrons. The van der Waals surface area contributed by atoms with Crippen LogP contribution < -0.4 is 14.5 Å². The number of benzene rings is 2. The van der Waals surface area contributed by atoms with Crippen LogP contribution in [-0.4, -0.2) is 57.6 Å². The minimum Gasteiger partial charge on any atom is -0.497 e. The first kappa shape index (κ1) is 25.2. The fourth-order valence-electron chi connectivity index (χ4n) is 5.56. The van der Waals surface area contributed by atoms with Gasteiger partial charge in [0.05, 0.1) is 25.4 Å². The summed E-state index contributed by atoms with van der Waals surface area (Å²) in [6, 6.07) is 13.3. The summed E-state index contributed by atoms with van der Waals surface area (Å²) in [4.78, 5) is 26.1. The van der Waals surface area contributed by atoms with E-state index in [4.69, 9.17) is 19.8 Å². The highest BCUT2D eigenvalue weighted by Crippen LogP contribution is 2.37. The molecule has 2 aliphatic heterocycles. The molecule has 2 aromatic heterocycles. The van der Waals surface area contributed by atoms with Crippen LogP contribution in [0.5, 0.6) is 5.75 Å². The number of carboxylic acids is 1. The van der Waals surface area contributed by atoms with E-state index in [-0.39, 0.29) is 0 Å². The summed E-state index contributed by atoms with van der Waals surface area (Å²) < 4.78 is 7.27. The van der Waals surface area contributed by atoms with Gasteiger partial charge >= 0.3 is 5.97 Å². The number of carboxylic acid groups (broad SMARTS) is 1. The Balaban J connectivity index is 1.42. The Kier molecular flexibility index (Phi) is 6.37. The quantitative estimate of drug-likeness (QED) is 0.362. The Hall–Kier alpha value is -4.14. The molecule has 1 saturated heterocycles. The lowest BCUT2D eigenvalue weighted by Crippen LogP contribution is -2.37. The van der Waals surface area contributed by atoms with Crippen LogP contribution in [0.25, 0.3) is 11.2 Å².